The summed E-state index contributed by atoms with van der Waals surface area (Å²) < 4.78 is 20.0. The Morgan fingerprint density at radius 3 is 2.81 bits per heavy atom. The average molecular weight is 377 g/mol. The lowest BCUT2D eigenvalue weighted by molar-refractivity contribution is -0.147. The van der Waals surface area contributed by atoms with Gasteiger partial charge in [-0.25, -0.2) is 9.37 Å². The topological polar surface area (TPSA) is 45.7 Å². The number of ether oxygens (including phenoxy) is 1. The van der Waals surface area contributed by atoms with E-state index < -0.39 is 0 Å². The van der Waals surface area contributed by atoms with Gasteiger partial charge in [0.2, 0.25) is 5.91 Å². The van der Waals surface area contributed by atoms with Crippen molar-refractivity contribution in [2.24, 2.45) is 5.92 Å². The molecule has 0 N–H and O–H groups in total. The third-order valence-corrected chi connectivity index (χ3v) is 6.19. The second-order valence-electron chi connectivity index (χ2n) is 7.39. The second kappa shape index (κ2) is 7.12. The van der Waals surface area contributed by atoms with Crippen LogP contribution in [0.3, 0.4) is 0 Å². The molecule has 3 unspecified atom stereocenters. The van der Waals surface area contributed by atoms with E-state index in [9.17, 15) is 9.18 Å². The van der Waals surface area contributed by atoms with Crippen LogP contribution < -0.4 is 4.90 Å². The Balaban J connectivity index is 1.48. The highest BCUT2D eigenvalue weighted by atomic mass is 32.1. The van der Waals surface area contributed by atoms with Gasteiger partial charge in [-0.1, -0.05) is 11.3 Å². The van der Waals surface area contributed by atoms with E-state index in [1.165, 1.54) is 23.5 Å². The van der Waals surface area contributed by atoms with Crippen LogP contribution in [-0.4, -0.2) is 54.2 Å². The Morgan fingerprint density at radius 1 is 1.27 bits per heavy atom. The van der Waals surface area contributed by atoms with Gasteiger partial charge in [0.1, 0.15) is 5.82 Å². The summed E-state index contributed by atoms with van der Waals surface area (Å²) in [6, 6.07) is 4.68. The number of hydrogen-bond donors (Lipinski definition) is 0. The molecule has 3 heterocycles. The molecule has 2 aliphatic rings. The normalized spacial score (nSPS) is 27.1. The molecule has 2 saturated heterocycles. The van der Waals surface area contributed by atoms with E-state index in [1.54, 1.807) is 6.07 Å². The number of nitrogens with zero attached hydrogens (tertiary/aromatic N) is 3. The van der Waals surface area contributed by atoms with Crippen LogP contribution in [-0.2, 0) is 9.53 Å². The van der Waals surface area contributed by atoms with Gasteiger partial charge in [-0.2, -0.15) is 0 Å². The Bertz CT molecular complexity index is 801. The molecule has 3 atom stereocenters. The van der Waals surface area contributed by atoms with Crippen molar-refractivity contribution in [1.29, 1.82) is 0 Å². The van der Waals surface area contributed by atoms with Crippen LogP contribution in [0.2, 0.25) is 0 Å². The zero-order valence-corrected chi connectivity index (χ0v) is 16.0. The molecule has 0 saturated carbocycles. The lowest BCUT2D eigenvalue weighted by atomic mass is 9.96. The fourth-order valence-electron chi connectivity index (χ4n) is 3.99. The molecule has 1 amide bonds. The summed E-state index contributed by atoms with van der Waals surface area (Å²) in [5.74, 6) is -0.0243. The maximum absolute atomic E-state index is 13.4. The number of carbonyl (C=O) groups excluding carboxylic acids is 1. The number of piperidine rings is 1. The van der Waals surface area contributed by atoms with E-state index in [0.29, 0.717) is 19.6 Å². The van der Waals surface area contributed by atoms with Crippen LogP contribution in [0.4, 0.5) is 9.52 Å². The number of halogens is 1. The largest absolute Gasteiger partial charge is 0.372 e. The number of hydrogen-bond acceptors (Lipinski definition) is 5. The molecule has 0 bridgehead atoms. The van der Waals surface area contributed by atoms with Gasteiger partial charge >= 0.3 is 0 Å². The number of rotatable bonds is 2. The molecule has 26 heavy (non-hydrogen) atoms. The van der Waals surface area contributed by atoms with Crippen molar-refractivity contribution in [2.75, 3.05) is 31.1 Å². The van der Waals surface area contributed by atoms with E-state index >= 15 is 0 Å². The summed E-state index contributed by atoms with van der Waals surface area (Å²) in [7, 11) is 0. The fourth-order valence-corrected chi connectivity index (χ4v) is 5.02. The summed E-state index contributed by atoms with van der Waals surface area (Å²) in [6.07, 6.45) is 2.05. The van der Waals surface area contributed by atoms with Gasteiger partial charge in [-0.3, -0.25) is 4.79 Å². The van der Waals surface area contributed by atoms with Crippen LogP contribution >= 0.6 is 11.3 Å². The smallest absolute Gasteiger partial charge is 0.227 e. The van der Waals surface area contributed by atoms with Crippen molar-refractivity contribution in [3.63, 3.8) is 0 Å². The number of anilines is 1. The van der Waals surface area contributed by atoms with E-state index in [1.807, 2.05) is 18.7 Å². The molecule has 2 aromatic rings. The van der Waals surface area contributed by atoms with Crippen LogP contribution in [0.5, 0.6) is 0 Å². The fraction of sp³-hybridized carbons (Fsp3) is 0.579. The van der Waals surface area contributed by atoms with Crippen LogP contribution in [0, 0.1) is 11.7 Å². The summed E-state index contributed by atoms with van der Waals surface area (Å²) in [4.78, 5) is 21.8. The molecule has 140 valence electrons. The molecule has 1 aromatic carbocycles. The zero-order valence-electron chi connectivity index (χ0n) is 15.2. The zero-order chi connectivity index (χ0) is 18.3. The average Bonchev–Trinajstić information content (AvgIpc) is 3.03. The SMILES string of the molecule is CC1CN(C(=O)C2CCCN(c3nc4ccc(F)cc4s3)C2)CC(C)O1. The maximum Gasteiger partial charge on any atom is 0.227 e. The quantitative estimate of drug-likeness (QED) is 0.806. The number of thiazole rings is 1. The van der Waals surface area contributed by atoms with E-state index in [2.05, 4.69) is 9.88 Å². The molecule has 2 aliphatic heterocycles. The van der Waals surface area contributed by atoms with E-state index in [4.69, 9.17) is 4.74 Å². The van der Waals surface area contributed by atoms with Crippen LogP contribution in [0.25, 0.3) is 10.2 Å². The Hall–Kier alpha value is -1.73. The lowest BCUT2D eigenvalue weighted by Gasteiger charge is -2.39. The maximum atomic E-state index is 13.4. The minimum Gasteiger partial charge on any atom is -0.372 e. The Labute approximate surface area is 156 Å². The van der Waals surface area contributed by atoms with E-state index in [0.717, 1.165) is 34.7 Å². The first-order valence-electron chi connectivity index (χ1n) is 9.25. The molecule has 2 fully saturated rings. The predicted octanol–water partition coefficient (Wildman–Crippen LogP) is 3.29. The molecule has 1 aromatic heterocycles. The third-order valence-electron chi connectivity index (χ3n) is 5.11. The molecule has 5 nitrogen and oxygen atoms in total. The van der Waals surface area contributed by atoms with Crippen molar-refractivity contribution < 1.29 is 13.9 Å². The van der Waals surface area contributed by atoms with Gasteiger partial charge in [0.25, 0.3) is 0 Å². The second-order valence-corrected chi connectivity index (χ2v) is 8.40. The summed E-state index contributed by atoms with van der Waals surface area (Å²) in [5.41, 5.74) is 0.815. The van der Waals surface area contributed by atoms with Crippen molar-refractivity contribution in [3.8, 4) is 0 Å². The molecule has 0 aliphatic carbocycles. The van der Waals surface area contributed by atoms with Crippen molar-refractivity contribution in [3.05, 3.63) is 24.0 Å². The molecular weight excluding hydrogens is 353 g/mol. The highest BCUT2D eigenvalue weighted by Gasteiger charge is 2.33. The van der Waals surface area contributed by atoms with Crippen molar-refractivity contribution in [2.45, 2.75) is 38.9 Å². The number of amides is 1. The van der Waals surface area contributed by atoms with Crippen molar-refractivity contribution >= 4 is 32.6 Å². The summed E-state index contributed by atoms with van der Waals surface area (Å²) in [5, 5.41) is 0.881. The molecule has 7 heteroatoms. The Morgan fingerprint density at radius 2 is 2.04 bits per heavy atom. The van der Waals surface area contributed by atoms with Crippen LogP contribution in [0.1, 0.15) is 26.7 Å². The molecule has 4 rings (SSSR count). The van der Waals surface area contributed by atoms with Crippen molar-refractivity contribution in [1.82, 2.24) is 9.88 Å². The highest BCUT2D eigenvalue weighted by molar-refractivity contribution is 7.22. The minimum absolute atomic E-state index is 0.00926. The molecule has 0 spiro atoms. The lowest BCUT2D eigenvalue weighted by Crippen LogP contribution is -2.52. The number of carbonyl (C=O) groups is 1. The number of aromatic nitrogens is 1. The van der Waals surface area contributed by atoms with Gasteiger partial charge < -0.3 is 14.5 Å². The van der Waals surface area contributed by atoms with Gasteiger partial charge in [-0.15, -0.1) is 0 Å². The monoisotopic (exact) mass is 377 g/mol. The standard InChI is InChI=1S/C19H24FN3O2S/c1-12-9-23(10-13(2)25-12)18(24)14-4-3-7-22(11-14)19-21-16-6-5-15(20)8-17(16)26-19/h5-6,8,12-14H,3-4,7,9-11H2,1-2H3. The van der Waals surface area contributed by atoms with E-state index in [-0.39, 0.29) is 29.9 Å². The number of morpholine rings is 1. The Kier molecular flexibility index (Phi) is 4.84. The minimum atomic E-state index is -0.241. The predicted molar refractivity (Wildman–Crippen MR) is 101 cm³/mol. The molecule has 0 radical (unpaired) electrons. The number of benzene rings is 1. The highest BCUT2D eigenvalue weighted by Crippen LogP contribution is 2.32. The third kappa shape index (κ3) is 3.55. The summed E-state index contributed by atoms with van der Waals surface area (Å²) in [6.45, 7) is 6.94. The number of fused-ring (bicyclic) bond motifs is 1. The first-order valence-corrected chi connectivity index (χ1v) is 10.1. The van der Waals surface area contributed by atoms with Gasteiger partial charge in [-0.05, 0) is 44.9 Å². The van der Waals surface area contributed by atoms with Gasteiger partial charge in [0, 0.05) is 26.2 Å². The van der Waals surface area contributed by atoms with Gasteiger partial charge in [0.05, 0.1) is 28.3 Å². The first kappa shape index (κ1) is 17.7. The summed E-state index contributed by atoms with van der Waals surface area (Å²) >= 11 is 1.50. The van der Waals surface area contributed by atoms with Gasteiger partial charge in [0.15, 0.2) is 5.13 Å². The molecular formula is C19H24FN3O2S. The van der Waals surface area contributed by atoms with Crippen LogP contribution in [0.15, 0.2) is 18.2 Å². The first-order chi connectivity index (χ1) is 12.5.